The third-order valence-corrected chi connectivity index (χ3v) is 6.46. The lowest BCUT2D eigenvalue weighted by Crippen LogP contribution is -2.38. The third-order valence-electron chi connectivity index (χ3n) is 5.45. The molecule has 7 nitrogen and oxygen atoms in total. The van der Waals surface area contributed by atoms with Gasteiger partial charge in [0.2, 0.25) is 0 Å². The van der Waals surface area contributed by atoms with E-state index < -0.39 is 0 Å². The van der Waals surface area contributed by atoms with Crippen molar-refractivity contribution in [2.75, 3.05) is 0 Å². The number of hydrogen-bond donors (Lipinski definition) is 0. The number of benzene rings is 1. The average molecular weight is 435 g/mol. The average Bonchev–Trinajstić information content (AvgIpc) is 3.49. The van der Waals surface area contributed by atoms with Crippen LogP contribution in [0.2, 0.25) is 0 Å². The normalized spacial score (nSPS) is 11.9. The highest BCUT2D eigenvalue weighted by molar-refractivity contribution is 7.17. The van der Waals surface area contributed by atoms with Crippen molar-refractivity contribution in [1.29, 1.82) is 0 Å². The second-order valence-electron chi connectivity index (χ2n) is 8.13. The molecule has 158 valence electrons. The summed E-state index contributed by atoms with van der Waals surface area (Å²) in [6.45, 7) is 5.04. The lowest BCUT2D eigenvalue weighted by molar-refractivity contribution is 0.498. The highest BCUT2D eigenvalue weighted by Gasteiger charge is 2.23. The molecule has 0 spiro atoms. The van der Waals surface area contributed by atoms with Crippen LogP contribution < -0.4 is 11.2 Å². The molecule has 0 aliphatic heterocycles. The van der Waals surface area contributed by atoms with Crippen molar-refractivity contribution in [3.63, 3.8) is 0 Å². The Morgan fingerprint density at radius 2 is 1.97 bits per heavy atom. The van der Waals surface area contributed by atoms with Gasteiger partial charge < -0.3 is 4.42 Å². The van der Waals surface area contributed by atoms with Crippen LogP contribution in [0.5, 0.6) is 0 Å². The molecule has 1 aromatic carbocycles. The van der Waals surface area contributed by atoms with Gasteiger partial charge in [-0.25, -0.2) is 4.79 Å². The van der Waals surface area contributed by atoms with Gasteiger partial charge in [0.25, 0.3) is 5.56 Å². The van der Waals surface area contributed by atoms with E-state index in [2.05, 4.69) is 17.5 Å². The Morgan fingerprint density at radius 1 is 1.16 bits per heavy atom. The third kappa shape index (κ3) is 3.14. The molecule has 0 N–H and O–H groups in total. The lowest BCUT2D eigenvalue weighted by Gasteiger charge is -2.10. The summed E-state index contributed by atoms with van der Waals surface area (Å²) >= 11 is 1.68. The van der Waals surface area contributed by atoms with Crippen LogP contribution in [0.3, 0.4) is 0 Å². The van der Waals surface area contributed by atoms with E-state index in [1.54, 1.807) is 28.4 Å². The van der Waals surface area contributed by atoms with Crippen LogP contribution >= 0.6 is 11.3 Å². The summed E-state index contributed by atoms with van der Waals surface area (Å²) in [6, 6.07) is 10.0. The van der Waals surface area contributed by atoms with Crippen LogP contribution in [0.1, 0.15) is 19.4 Å². The quantitative estimate of drug-likeness (QED) is 0.418. The molecular weight excluding hydrogens is 412 g/mol. The summed E-state index contributed by atoms with van der Waals surface area (Å²) < 4.78 is 11.1. The minimum Gasteiger partial charge on any atom is -0.472 e. The van der Waals surface area contributed by atoms with E-state index in [9.17, 15) is 9.59 Å². The molecule has 5 aromatic rings. The summed E-state index contributed by atoms with van der Waals surface area (Å²) in [4.78, 5) is 26.1. The number of aromatic nitrogens is 4. The molecule has 5 rings (SSSR count). The summed E-state index contributed by atoms with van der Waals surface area (Å²) in [7, 11) is 1.52. The van der Waals surface area contributed by atoms with Crippen LogP contribution in [-0.4, -0.2) is 18.9 Å². The Labute approximate surface area is 181 Å². The van der Waals surface area contributed by atoms with Crippen LogP contribution in [-0.2, 0) is 20.1 Å². The predicted octanol–water partition coefficient (Wildman–Crippen LogP) is 4.08. The molecule has 0 atom stereocenters. The zero-order valence-electron chi connectivity index (χ0n) is 17.5. The molecule has 31 heavy (non-hydrogen) atoms. The fourth-order valence-corrected chi connectivity index (χ4v) is 4.97. The van der Waals surface area contributed by atoms with Crippen molar-refractivity contribution in [3.8, 4) is 11.3 Å². The zero-order valence-corrected chi connectivity index (χ0v) is 18.3. The maximum Gasteiger partial charge on any atom is 0.332 e. The first kappa shape index (κ1) is 19.6. The van der Waals surface area contributed by atoms with Crippen LogP contribution in [0.15, 0.2) is 62.2 Å². The molecule has 0 saturated heterocycles. The molecule has 0 saturated carbocycles. The molecule has 4 aromatic heterocycles. The molecule has 0 aliphatic rings. The van der Waals surface area contributed by atoms with E-state index in [1.807, 2.05) is 36.7 Å². The molecule has 0 bridgehead atoms. The van der Waals surface area contributed by atoms with Gasteiger partial charge in [-0.1, -0.05) is 32.0 Å². The highest BCUT2D eigenvalue weighted by Crippen LogP contribution is 2.31. The maximum absolute atomic E-state index is 13.2. The van der Waals surface area contributed by atoms with Gasteiger partial charge in [0, 0.05) is 23.9 Å². The Bertz CT molecular complexity index is 1520. The van der Waals surface area contributed by atoms with E-state index >= 15 is 0 Å². The zero-order chi connectivity index (χ0) is 21.7. The predicted molar refractivity (Wildman–Crippen MR) is 123 cm³/mol. The SMILES string of the molecule is CC(C)Cn1c(=O)n(C)c(=O)c2c(-c3ccoc3)n(Cc3csc4ccccc34)nc21. The van der Waals surface area contributed by atoms with Crippen LogP contribution in [0.25, 0.3) is 32.4 Å². The van der Waals surface area contributed by atoms with Gasteiger partial charge >= 0.3 is 5.69 Å². The highest BCUT2D eigenvalue weighted by atomic mass is 32.1. The minimum atomic E-state index is -0.351. The lowest BCUT2D eigenvalue weighted by atomic mass is 10.1. The molecule has 8 heteroatoms. The molecule has 0 aliphatic carbocycles. The second kappa shape index (κ2) is 7.39. The molecule has 0 radical (unpaired) electrons. The van der Waals surface area contributed by atoms with Crippen molar-refractivity contribution < 1.29 is 4.42 Å². The summed E-state index contributed by atoms with van der Waals surface area (Å²) in [6.07, 6.45) is 3.18. The Hall–Kier alpha value is -3.39. The van der Waals surface area contributed by atoms with Gasteiger partial charge in [-0.3, -0.25) is 18.6 Å². The van der Waals surface area contributed by atoms with Crippen molar-refractivity contribution in [2.24, 2.45) is 13.0 Å². The largest absolute Gasteiger partial charge is 0.472 e. The van der Waals surface area contributed by atoms with Gasteiger partial charge in [-0.05, 0) is 34.4 Å². The fraction of sp³-hybridized carbons (Fsp3) is 0.261. The van der Waals surface area contributed by atoms with Gasteiger partial charge in [-0.2, -0.15) is 5.10 Å². The van der Waals surface area contributed by atoms with E-state index in [0.717, 1.165) is 16.5 Å². The molecule has 0 fully saturated rings. The van der Waals surface area contributed by atoms with Crippen molar-refractivity contribution in [1.82, 2.24) is 18.9 Å². The summed E-state index contributed by atoms with van der Waals surface area (Å²) in [5.41, 5.74) is 2.25. The topological polar surface area (TPSA) is 75.0 Å². The molecule has 0 amide bonds. The molecular formula is C23H22N4O3S. The van der Waals surface area contributed by atoms with E-state index in [1.165, 1.54) is 16.3 Å². The Kier molecular flexibility index (Phi) is 4.66. The van der Waals surface area contributed by atoms with Gasteiger partial charge in [0.05, 0.1) is 24.8 Å². The van der Waals surface area contributed by atoms with Gasteiger partial charge in [0.1, 0.15) is 5.39 Å². The second-order valence-corrected chi connectivity index (χ2v) is 9.04. The standard InChI is InChI=1S/C23H22N4O3S/c1-14(2)10-26-21-19(22(28)25(3)23(26)29)20(15-8-9-30-12-15)27(24-21)11-16-13-31-18-7-5-4-6-17(16)18/h4-9,12-14H,10-11H2,1-3H3. The Balaban J connectivity index is 1.82. The number of rotatable bonds is 5. The first-order chi connectivity index (χ1) is 15.0. The monoisotopic (exact) mass is 434 g/mol. The van der Waals surface area contributed by atoms with Crippen LogP contribution in [0, 0.1) is 5.92 Å². The van der Waals surface area contributed by atoms with E-state index in [0.29, 0.717) is 29.8 Å². The summed E-state index contributed by atoms with van der Waals surface area (Å²) in [5, 5.41) is 8.51. The number of furan rings is 1. The van der Waals surface area contributed by atoms with Crippen molar-refractivity contribution >= 4 is 32.5 Å². The number of thiophene rings is 1. The van der Waals surface area contributed by atoms with E-state index in [4.69, 9.17) is 9.52 Å². The smallest absolute Gasteiger partial charge is 0.332 e. The number of hydrogen-bond acceptors (Lipinski definition) is 5. The number of fused-ring (bicyclic) bond motifs is 2. The first-order valence-electron chi connectivity index (χ1n) is 10.1. The minimum absolute atomic E-state index is 0.224. The maximum atomic E-state index is 13.2. The van der Waals surface area contributed by atoms with Crippen LogP contribution in [0.4, 0.5) is 0 Å². The van der Waals surface area contributed by atoms with E-state index in [-0.39, 0.29) is 17.2 Å². The van der Waals surface area contributed by atoms with Crippen molar-refractivity contribution in [3.05, 3.63) is 74.6 Å². The first-order valence-corrected chi connectivity index (χ1v) is 11.0. The summed E-state index contributed by atoms with van der Waals surface area (Å²) in [5.74, 6) is 0.224. The number of nitrogens with zero attached hydrogens (tertiary/aromatic N) is 4. The van der Waals surface area contributed by atoms with Gasteiger partial charge in [-0.15, -0.1) is 11.3 Å². The fourth-order valence-electron chi connectivity index (χ4n) is 4.01. The molecule has 4 heterocycles. The van der Waals surface area contributed by atoms with Crippen molar-refractivity contribution in [2.45, 2.75) is 26.9 Å². The molecule has 0 unspecified atom stereocenters. The Morgan fingerprint density at radius 3 is 2.71 bits per heavy atom. The van der Waals surface area contributed by atoms with Gasteiger partial charge in [0.15, 0.2) is 5.65 Å².